The molecule has 1 nitrogen and oxygen atoms in total. The van der Waals surface area contributed by atoms with Gasteiger partial charge in [-0.1, -0.05) is 19.8 Å². The molecule has 1 heteroatoms. The maximum atomic E-state index is 8.81. The lowest BCUT2D eigenvalue weighted by Crippen LogP contribution is -2.15. The second-order valence-corrected chi connectivity index (χ2v) is 3.32. The van der Waals surface area contributed by atoms with Gasteiger partial charge in [-0.15, -0.1) is 0 Å². The van der Waals surface area contributed by atoms with Gasteiger partial charge in [-0.2, -0.15) is 0 Å². The van der Waals surface area contributed by atoms with E-state index in [2.05, 4.69) is 6.92 Å². The second-order valence-electron chi connectivity index (χ2n) is 3.32. The third-order valence-electron chi connectivity index (χ3n) is 2.30. The van der Waals surface area contributed by atoms with Crippen LogP contribution < -0.4 is 0 Å². The molecular formula is C8H16O. The van der Waals surface area contributed by atoms with Crippen LogP contribution in [0, 0.1) is 11.8 Å². The van der Waals surface area contributed by atoms with Gasteiger partial charge in [0, 0.05) is 6.61 Å². The van der Waals surface area contributed by atoms with E-state index in [0.29, 0.717) is 12.5 Å². The van der Waals surface area contributed by atoms with Gasteiger partial charge in [-0.05, 0) is 24.7 Å². The van der Waals surface area contributed by atoms with E-state index < -0.39 is 0 Å². The summed E-state index contributed by atoms with van der Waals surface area (Å²) in [5.41, 5.74) is 0. The maximum Gasteiger partial charge on any atom is 0.0459 e. The van der Waals surface area contributed by atoms with Gasteiger partial charge >= 0.3 is 0 Å². The van der Waals surface area contributed by atoms with Crippen molar-refractivity contribution in [1.82, 2.24) is 0 Å². The van der Waals surface area contributed by atoms with Crippen LogP contribution in [0.25, 0.3) is 0 Å². The van der Waals surface area contributed by atoms with Gasteiger partial charge in [-0.3, -0.25) is 0 Å². The van der Waals surface area contributed by atoms with Crippen molar-refractivity contribution in [2.75, 3.05) is 6.61 Å². The Kier molecular flexibility index (Phi) is 2.52. The molecule has 0 radical (unpaired) electrons. The summed E-state index contributed by atoms with van der Waals surface area (Å²) in [6.45, 7) is 2.69. The minimum Gasteiger partial charge on any atom is -0.396 e. The van der Waals surface area contributed by atoms with Crippen molar-refractivity contribution in [3.63, 3.8) is 0 Å². The summed E-state index contributed by atoms with van der Waals surface area (Å²) in [6.07, 6.45) is 5.19. The predicted molar refractivity (Wildman–Crippen MR) is 38.2 cm³/mol. The van der Waals surface area contributed by atoms with Crippen LogP contribution in [0.4, 0.5) is 0 Å². The zero-order valence-electron chi connectivity index (χ0n) is 6.14. The van der Waals surface area contributed by atoms with E-state index in [1.54, 1.807) is 0 Å². The molecule has 1 aliphatic rings. The average molecular weight is 128 g/mol. The van der Waals surface area contributed by atoms with Crippen molar-refractivity contribution in [2.24, 2.45) is 11.8 Å². The van der Waals surface area contributed by atoms with Gasteiger partial charge in [0.1, 0.15) is 0 Å². The molecule has 1 fully saturated rings. The summed E-state index contributed by atoms with van der Waals surface area (Å²) in [7, 11) is 0. The Balaban J connectivity index is 2.23. The van der Waals surface area contributed by atoms with Crippen LogP contribution in [0.15, 0.2) is 0 Å². The molecule has 0 aliphatic heterocycles. The lowest BCUT2D eigenvalue weighted by atomic mass is 9.83. The average Bonchev–Trinajstić information content (AvgIpc) is 1.88. The van der Waals surface area contributed by atoms with E-state index in [1.165, 1.54) is 25.7 Å². The molecule has 0 bridgehead atoms. The van der Waals surface area contributed by atoms with Gasteiger partial charge < -0.3 is 5.11 Å². The minimum atomic E-state index is 0.407. The smallest absolute Gasteiger partial charge is 0.0459 e. The fourth-order valence-corrected chi connectivity index (χ4v) is 1.73. The third-order valence-corrected chi connectivity index (χ3v) is 2.30. The van der Waals surface area contributed by atoms with Gasteiger partial charge in [0.25, 0.3) is 0 Å². The molecule has 1 rings (SSSR count). The quantitative estimate of drug-likeness (QED) is 0.571. The highest BCUT2D eigenvalue weighted by Gasteiger charge is 2.17. The van der Waals surface area contributed by atoms with E-state index in [0.717, 1.165) is 5.92 Å². The molecule has 0 aromatic rings. The van der Waals surface area contributed by atoms with Gasteiger partial charge in [0.15, 0.2) is 0 Å². The van der Waals surface area contributed by atoms with E-state index in [1.807, 2.05) is 0 Å². The largest absolute Gasteiger partial charge is 0.396 e. The SMILES string of the molecule is CC1CCC[C@H](CO)C1. The molecular weight excluding hydrogens is 112 g/mol. The Morgan fingerprint density at radius 1 is 1.44 bits per heavy atom. The molecule has 0 amide bonds. The Morgan fingerprint density at radius 2 is 2.22 bits per heavy atom. The van der Waals surface area contributed by atoms with Gasteiger partial charge in [-0.25, -0.2) is 0 Å². The number of aliphatic hydroxyl groups excluding tert-OH is 1. The molecule has 54 valence electrons. The van der Waals surface area contributed by atoms with Crippen LogP contribution in [0.3, 0.4) is 0 Å². The zero-order valence-corrected chi connectivity index (χ0v) is 6.14. The van der Waals surface area contributed by atoms with E-state index in [-0.39, 0.29) is 0 Å². The van der Waals surface area contributed by atoms with Crippen LogP contribution in [-0.4, -0.2) is 11.7 Å². The summed E-state index contributed by atoms with van der Waals surface area (Å²) >= 11 is 0. The fraction of sp³-hybridized carbons (Fsp3) is 1.00. The van der Waals surface area contributed by atoms with Crippen molar-refractivity contribution in [3.05, 3.63) is 0 Å². The standard InChI is InChI=1S/C8H16O/c1-7-3-2-4-8(5-7)6-9/h7-9H,2-6H2,1H3/t7?,8-/m0/s1. The first-order valence-electron chi connectivity index (χ1n) is 3.93. The van der Waals surface area contributed by atoms with Gasteiger partial charge in [0.05, 0.1) is 0 Å². The molecule has 0 saturated heterocycles. The van der Waals surface area contributed by atoms with Crippen molar-refractivity contribution in [3.8, 4) is 0 Å². The fourth-order valence-electron chi connectivity index (χ4n) is 1.73. The van der Waals surface area contributed by atoms with Crippen LogP contribution in [0.5, 0.6) is 0 Å². The first kappa shape index (κ1) is 7.07. The van der Waals surface area contributed by atoms with Crippen molar-refractivity contribution >= 4 is 0 Å². The third kappa shape index (κ3) is 1.98. The Labute approximate surface area is 57.1 Å². The molecule has 0 aromatic heterocycles. The highest BCUT2D eigenvalue weighted by atomic mass is 16.3. The van der Waals surface area contributed by atoms with Crippen LogP contribution in [-0.2, 0) is 0 Å². The number of hydrogen-bond donors (Lipinski definition) is 1. The summed E-state index contributed by atoms with van der Waals surface area (Å²) in [5.74, 6) is 1.48. The van der Waals surface area contributed by atoms with Crippen LogP contribution >= 0.6 is 0 Å². The molecule has 0 aromatic carbocycles. The minimum absolute atomic E-state index is 0.407. The van der Waals surface area contributed by atoms with Crippen LogP contribution in [0.1, 0.15) is 32.6 Å². The number of hydrogen-bond acceptors (Lipinski definition) is 1. The maximum absolute atomic E-state index is 8.81. The predicted octanol–water partition coefficient (Wildman–Crippen LogP) is 1.80. The Morgan fingerprint density at radius 3 is 2.67 bits per heavy atom. The first-order valence-corrected chi connectivity index (χ1v) is 3.93. The highest BCUT2D eigenvalue weighted by Crippen LogP contribution is 2.27. The number of aliphatic hydroxyl groups is 1. The zero-order chi connectivity index (χ0) is 6.69. The van der Waals surface area contributed by atoms with E-state index >= 15 is 0 Å². The van der Waals surface area contributed by atoms with Crippen molar-refractivity contribution in [2.45, 2.75) is 32.6 Å². The van der Waals surface area contributed by atoms with Crippen molar-refractivity contribution in [1.29, 1.82) is 0 Å². The molecule has 9 heavy (non-hydrogen) atoms. The Bertz CT molecular complexity index is 80.6. The number of rotatable bonds is 1. The lowest BCUT2D eigenvalue weighted by Gasteiger charge is -2.24. The summed E-state index contributed by atoms with van der Waals surface area (Å²) in [5, 5.41) is 8.81. The Hall–Kier alpha value is -0.0400. The summed E-state index contributed by atoms with van der Waals surface area (Å²) in [4.78, 5) is 0. The van der Waals surface area contributed by atoms with E-state index in [9.17, 15) is 0 Å². The molecule has 1 N–H and O–H groups in total. The molecule has 1 unspecified atom stereocenters. The molecule has 0 spiro atoms. The van der Waals surface area contributed by atoms with Gasteiger partial charge in [0.2, 0.25) is 0 Å². The second kappa shape index (κ2) is 3.21. The lowest BCUT2D eigenvalue weighted by molar-refractivity contribution is 0.166. The highest BCUT2D eigenvalue weighted by molar-refractivity contribution is 4.68. The molecule has 0 heterocycles. The molecule has 2 atom stereocenters. The topological polar surface area (TPSA) is 20.2 Å². The van der Waals surface area contributed by atoms with Crippen LogP contribution in [0.2, 0.25) is 0 Å². The summed E-state index contributed by atoms with van der Waals surface area (Å²) in [6, 6.07) is 0. The molecule has 1 saturated carbocycles. The summed E-state index contributed by atoms with van der Waals surface area (Å²) < 4.78 is 0. The van der Waals surface area contributed by atoms with E-state index in [4.69, 9.17) is 5.11 Å². The first-order chi connectivity index (χ1) is 4.33. The monoisotopic (exact) mass is 128 g/mol. The molecule has 1 aliphatic carbocycles. The normalized spacial score (nSPS) is 36.7. The van der Waals surface area contributed by atoms with Crippen molar-refractivity contribution < 1.29 is 5.11 Å².